The van der Waals surface area contributed by atoms with E-state index in [0.717, 1.165) is 0 Å². The third-order valence-corrected chi connectivity index (χ3v) is 2.51. The molecule has 0 radical (unpaired) electrons. The van der Waals surface area contributed by atoms with E-state index >= 15 is 0 Å². The molecule has 0 amide bonds. The maximum absolute atomic E-state index is 10.9. The van der Waals surface area contributed by atoms with E-state index in [4.69, 9.17) is 5.73 Å². The Hall–Kier alpha value is -1.96. The highest BCUT2D eigenvalue weighted by Crippen LogP contribution is 2.25. The highest BCUT2D eigenvalue weighted by Gasteiger charge is 2.22. The summed E-state index contributed by atoms with van der Waals surface area (Å²) in [5.41, 5.74) is 5.41. The van der Waals surface area contributed by atoms with Crippen LogP contribution in [0.5, 0.6) is 0 Å². The summed E-state index contributed by atoms with van der Waals surface area (Å²) in [6, 6.07) is 0. The number of nitro groups is 1. The number of aliphatic hydroxyl groups is 1. The highest BCUT2D eigenvalue weighted by atomic mass is 16.6. The average molecular weight is 255 g/mol. The van der Waals surface area contributed by atoms with E-state index in [2.05, 4.69) is 15.3 Å². The molecule has 0 spiro atoms. The van der Waals surface area contributed by atoms with Gasteiger partial charge in [0.1, 0.15) is 5.69 Å². The first-order valence-electron chi connectivity index (χ1n) is 5.53. The summed E-state index contributed by atoms with van der Waals surface area (Å²) < 4.78 is 0. The van der Waals surface area contributed by atoms with E-state index in [1.807, 2.05) is 13.8 Å². The lowest BCUT2D eigenvalue weighted by Gasteiger charge is -2.15. The fourth-order valence-electron chi connectivity index (χ4n) is 1.37. The molecule has 0 saturated carbocycles. The van der Waals surface area contributed by atoms with Crippen LogP contribution in [0.4, 0.5) is 17.5 Å². The number of rotatable bonds is 5. The van der Waals surface area contributed by atoms with E-state index in [-0.39, 0.29) is 35.6 Å². The molecule has 0 aliphatic carbocycles. The molecule has 1 unspecified atom stereocenters. The number of nitrogens with zero attached hydrogens (tertiary/aromatic N) is 3. The number of aliphatic hydroxyl groups excluding tert-OH is 1. The van der Waals surface area contributed by atoms with Crippen molar-refractivity contribution in [1.82, 2.24) is 9.97 Å². The van der Waals surface area contributed by atoms with Gasteiger partial charge in [-0.15, -0.1) is 0 Å². The molecule has 0 aromatic carbocycles. The largest absolute Gasteiger partial charge is 0.391 e. The molecule has 8 nitrogen and oxygen atoms in total. The Morgan fingerprint density at radius 3 is 2.61 bits per heavy atom. The van der Waals surface area contributed by atoms with E-state index < -0.39 is 11.0 Å². The Bertz CT molecular complexity index is 449. The Labute approximate surface area is 104 Å². The van der Waals surface area contributed by atoms with Gasteiger partial charge in [0.05, 0.1) is 11.0 Å². The summed E-state index contributed by atoms with van der Waals surface area (Å²) in [7, 11) is 0. The van der Waals surface area contributed by atoms with Crippen LogP contribution >= 0.6 is 0 Å². The van der Waals surface area contributed by atoms with Crippen LogP contribution in [0.1, 0.15) is 19.5 Å². The SMILES string of the molecule is Cc1nc(N)nc(NCC(O)C(C)C)c1[N+](=O)[O-]. The number of nitrogens with one attached hydrogen (secondary N) is 1. The third kappa shape index (κ3) is 3.27. The zero-order chi connectivity index (χ0) is 13.9. The van der Waals surface area contributed by atoms with Gasteiger partial charge in [-0.1, -0.05) is 13.8 Å². The number of anilines is 2. The van der Waals surface area contributed by atoms with E-state index in [0.29, 0.717) is 0 Å². The number of aromatic nitrogens is 2. The molecule has 8 heteroatoms. The summed E-state index contributed by atoms with van der Waals surface area (Å²) in [5.74, 6) is 0.0289. The molecule has 0 aliphatic heterocycles. The first kappa shape index (κ1) is 14.1. The molecule has 18 heavy (non-hydrogen) atoms. The van der Waals surface area contributed by atoms with Gasteiger partial charge in [-0.3, -0.25) is 10.1 Å². The van der Waals surface area contributed by atoms with Gasteiger partial charge in [-0.2, -0.15) is 4.98 Å². The lowest BCUT2D eigenvalue weighted by atomic mass is 10.1. The highest BCUT2D eigenvalue weighted by molar-refractivity contribution is 5.60. The zero-order valence-electron chi connectivity index (χ0n) is 10.5. The van der Waals surface area contributed by atoms with E-state index in [1.54, 1.807) is 0 Å². The number of hydrogen-bond acceptors (Lipinski definition) is 7. The van der Waals surface area contributed by atoms with Crippen molar-refractivity contribution in [2.45, 2.75) is 26.9 Å². The molecule has 1 aromatic rings. The Morgan fingerprint density at radius 1 is 1.50 bits per heavy atom. The monoisotopic (exact) mass is 255 g/mol. The Balaban J connectivity index is 2.97. The fraction of sp³-hybridized carbons (Fsp3) is 0.600. The van der Waals surface area contributed by atoms with Crippen LogP contribution in [0, 0.1) is 23.0 Å². The minimum absolute atomic E-state index is 0.0321. The Kier molecular flexibility index (Phi) is 4.38. The van der Waals surface area contributed by atoms with Crippen molar-refractivity contribution in [1.29, 1.82) is 0 Å². The molecule has 1 atom stereocenters. The average Bonchev–Trinajstić information content (AvgIpc) is 2.23. The van der Waals surface area contributed by atoms with Gasteiger partial charge in [-0.05, 0) is 12.8 Å². The van der Waals surface area contributed by atoms with Crippen LogP contribution in [0.25, 0.3) is 0 Å². The second kappa shape index (κ2) is 5.58. The normalized spacial score (nSPS) is 12.5. The Morgan fingerprint density at radius 2 is 2.11 bits per heavy atom. The standard InChI is InChI=1S/C10H17N5O3/c1-5(2)7(16)4-12-9-8(15(17)18)6(3)13-10(11)14-9/h5,7,16H,4H2,1-3H3,(H3,11,12,13,14). The van der Waals surface area contributed by atoms with Crippen LogP contribution < -0.4 is 11.1 Å². The number of hydrogen-bond donors (Lipinski definition) is 3. The minimum atomic E-state index is -0.624. The summed E-state index contributed by atoms with van der Waals surface area (Å²) in [6.45, 7) is 5.34. The maximum Gasteiger partial charge on any atom is 0.332 e. The summed E-state index contributed by atoms with van der Waals surface area (Å²) >= 11 is 0. The molecule has 1 aromatic heterocycles. The summed E-state index contributed by atoms with van der Waals surface area (Å²) in [4.78, 5) is 17.9. The second-order valence-corrected chi connectivity index (χ2v) is 4.31. The molecule has 1 rings (SSSR count). The van der Waals surface area contributed by atoms with Gasteiger partial charge in [0, 0.05) is 6.54 Å². The van der Waals surface area contributed by atoms with Crippen molar-refractivity contribution in [3.8, 4) is 0 Å². The van der Waals surface area contributed by atoms with Gasteiger partial charge < -0.3 is 16.2 Å². The van der Waals surface area contributed by atoms with Crippen molar-refractivity contribution >= 4 is 17.5 Å². The van der Waals surface area contributed by atoms with Crippen molar-refractivity contribution < 1.29 is 10.0 Å². The smallest absolute Gasteiger partial charge is 0.332 e. The van der Waals surface area contributed by atoms with Crippen molar-refractivity contribution in [2.24, 2.45) is 5.92 Å². The molecule has 4 N–H and O–H groups in total. The summed E-state index contributed by atoms with van der Waals surface area (Å²) in [5, 5.41) is 23.3. The second-order valence-electron chi connectivity index (χ2n) is 4.31. The number of nitrogen functional groups attached to an aromatic ring is 1. The number of aryl methyl sites for hydroxylation is 1. The summed E-state index contributed by atoms with van der Waals surface area (Å²) in [6.07, 6.45) is -0.624. The predicted octanol–water partition coefficient (Wildman–Crippen LogP) is 0.704. The molecule has 100 valence electrons. The topological polar surface area (TPSA) is 127 Å². The van der Waals surface area contributed by atoms with Crippen LogP contribution in [0.3, 0.4) is 0 Å². The first-order valence-corrected chi connectivity index (χ1v) is 5.53. The van der Waals surface area contributed by atoms with Crippen molar-refractivity contribution in [3.63, 3.8) is 0 Å². The van der Waals surface area contributed by atoms with E-state index in [1.165, 1.54) is 6.92 Å². The van der Waals surface area contributed by atoms with Gasteiger partial charge >= 0.3 is 5.69 Å². The van der Waals surface area contributed by atoms with Crippen molar-refractivity contribution in [2.75, 3.05) is 17.6 Å². The van der Waals surface area contributed by atoms with Gasteiger partial charge in [0.2, 0.25) is 11.8 Å². The lowest BCUT2D eigenvalue weighted by molar-refractivity contribution is -0.385. The van der Waals surface area contributed by atoms with Gasteiger partial charge in [0.25, 0.3) is 0 Å². The van der Waals surface area contributed by atoms with Gasteiger partial charge in [-0.25, -0.2) is 4.98 Å². The van der Waals surface area contributed by atoms with Gasteiger partial charge in [0.15, 0.2) is 0 Å². The molecule has 1 heterocycles. The van der Waals surface area contributed by atoms with Crippen LogP contribution in [-0.4, -0.2) is 32.6 Å². The molecule has 0 aliphatic rings. The first-order chi connectivity index (χ1) is 8.32. The zero-order valence-corrected chi connectivity index (χ0v) is 10.5. The molecule has 0 fully saturated rings. The van der Waals surface area contributed by atoms with Crippen molar-refractivity contribution in [3.05, 3.63) is 15.8 Å². The maximum atomic E-state index is 10.9. The molecule has 0 saturated heterocycles. The number of nitrogens with two attached hydrogens (primary N) is 1. The molecular weight excluding hydrogens is 238 g/mol. The molecule has 0 bridgehead atoms. The predicted molar refractivity (Wildman–Crippen MR) is 67.2 cm³/mol. The molecular formula is C10H17N5O3. The van der Waals surface area contributed by atoms with E-state index in [9.17, 15) is 15.2 Å². The fourth-order valence-corrected chi connectivity index (χ4v) is 1.37. The minimum Gasteiger partial charge on any atom is -0.391 e. The lowest BCUT2D eigenvalue weighted by Crippen LogP contribution is -2.25. The quantitative estimate of drug-likeness (QED) is 0.522. The van der Waals surface area contributed by atoms with Crippen LogP contribution in [0.2, 0.25) is 0 Å². The third-order valence-electron chi connectivity index (χ3n) is 2.51. The van der Waals surface area contributed by atoms with Crippen LogP contribution in [-0.2, 0) is 0 Å². The van der Waals surface area contributed by atoms with Crippen LogP contribution in [0.15, 0.2) is 0 Å².